The lowest BCUT2D eigenvalue weighted by Crippen LogP contribution is -2.52. The minimum Gasteiger partial charge on any atom is -0.410 e. The largest absolute Gasteiger partial charge is 0.412 e. The fourth-order valence-corrected chi connectivity index (χ4v) is 3.52. The Hall–Kier alpha value is -3.68. The molecule has 2 heterocycles. The molecule has 0 spiro atoms. The van der Waals surface area contributed by atoms with Crippen molar-refractivity contribution in [2.75, 3.05) is 0 Å². The van der Waals surface area contributed by atoms with E-state index in [4.69, 9.17) is 4.74 Å². The Morgan fingerprint density at radius 3 is 2.69 bits per heavy atom. The molecule has 0 bridgehead atoms. The van der Waals surface area contributed by atoms with E-state index in [0.29, 0.717) is 24.3 Å². The molecule has 2 aliphatic heterocycles. The molecule has 29 heavy (non-hydrogen) atoms. The predicted molar refractivity (Wildman–Crippen MR) is 102 cm³/mol. The number of imide groups is 1. The van der Waals surface area contributed by atoms with Crippen molar-refractivity contribution in [1.29, 1.82) is 0 Å². The first-order valence-corrected chi connectivity index (χ1v) is 9.28. The lowest BCUT2D eigenvalue weighted by atomic mass is 10.0. The van der Waals surface area contributed by atoms with Crippen LogP contribution in [0.2, 0.25) is 0 Å². The highest BCUT2D eigenvalue weighted by Gasteiger charge is 2.39. The molecule has 2 aromatic carbocycles. The number of nitrogens with one attached hydrogen (secondary N) is 2. The first-order chi connectivity index (χ1) is 14.0. The van der Waals surface area contributed by atoms with Gasteiger partial charge in [-0.05, 0) is 35.7 Å². The van der Waals surface area contributed by atoms with E-state index < -0.39 is 18.0 Å². The minimum atomic E-state index is -0.643. The van der Waals surface area contributed by atoms with Gasteiger partial charge in [-0.2, -0.15) is 0 Å². The molecule has 1 unspecified atom stereocenters. The number of carbonyl (C=O) groups excluding carboxylic acids is 4. The molecule has 8 nitrogen and oxygen atoms in total. The summed E-state index contributed by atoms with van der Waals surface area (Å²) in [5.41, 5.74) is 2.06. The Balaban J connectivity index is 1.39. The van der Waals surface area contributed by atoms with Crippen molar-refractivity contribution in [3.05, 3.63) is 65.2 Å². The number of ether oxygens (including phenoxy) is 1. The number of rotatable bonds is 4. The topological polar surface area (TPSA) is 105 Å². The number of hydrogen-bond donors (Lipinski definition) is 2. The molecule has 4 amide bonds. The molecule has 0 aliphatic carbocycles. The van der Waals surface area contributed by atoms with E-state index in [-0.39, 0.29) is 24.8 Å². The fourth-order valence-electron chi connectivity index (χ4n) is 3.52. The molecule has 148 valence electrons. The number of carbonyl (C=O) groups is 4. The van der Waals surface area contributed by atoms with E-state index >= 15 is 0 Å². The smallest absolute Gasteiger partial charge is 0.410 e. The quantitative estimate of drug-likeness (QED) is 0.770. The van der Waals surface area contributed by atoms with E-state index in [1.54, 1.807) is 30.3 Å². The zero-order valence-corrected chi connectivity index (χ0v) is 15.5. The predicted octanol–water partition coefficient (Wildman–Crippen LogP) is 1.74. The van der Waals surface area contributed by atoms with Gasteiger partial charge in [0.2, 0.25) is 11.8 Å². The van der Waals surface area contributed by atoms with Crippen LogP contribution in [-0.2, 0) is 22.7 Å². The molecule has 8 heteroatoms. The molecular weight excluding hydrogens is 374 g/mol. The Labute approximate surface area is 166 Å². The SMILES string of the molecule is O=C1CCC(N2Cc3ccc(CNC(=O)Oc4ccccc4)cc3C2=O)C(=O)N1. The summed E-state index contributed by atoms with van der Waals surface area (Å²) in [6.45, 7) is 0.523. The second kappa shape index (κ2) is 7.75. The van der Waals surface area contributed by atoms with Crippen molar-refractivity contribution in [3.8, 4) is 5.75 Å². The first-order valence-electron chi connectivity index (χ1n) is 9.28. The molecule has 1 fully saturated rings. The van der Waals surface area contributed by atoms with Gasteiger partial charge < -0.3 is 15.0 Å². The fraction of sp³-hybridized carbons (Fsp3) is 0.238. The molecule has 2 N–H and O–H groups in total. The monoisotopic (exact) mass is 393 g/mol. The maximum atomic E-state index is 12.8. The van der Waals surface area contributed by atoms with Crippen molar-refractivity contribution in [3.63, 3.8) is 0 Å². The van der Waals surface area contributed by atoms with Crippen LogP contribution >= 0.6 is 0 Å². The highest BCUT2D eigenvalue weighted by Crippen LogP contribution is 2.28. The average molecular weight is 393 g/mol. The highest BCUT2D eigenvalue weighted by atomic mass is 16.6. The van der Waals surface area contributed by atoms with Crippen LogP contribution in [0.5, 0.6) is 5.75 Å². The van der Waals surface area contributed by atoms with Crippen LogP contribution in [0.25, 0.3) is 0 Å². The third-order valence-corrected chi connectivity index (χ3v) is 4.98. The summed E-state index contributed by atoms with van der Waals surface area (Å²) < 4.78 is 5.17. The van der Waals surface area contributed by atoms with E-state index in [2.05, 4.69) is 10.6 Å². The molecule has 0 aromatic heterocycles. The van der Waals surface area contributed by atoms with Gasteiger partial charge in [0, 0.05) is 25.1 Å². The highest BCUT2D eigenvalue weighted by molar-refractivity contribution is 6.05. The van der Waals surface area contributed by atoms with Crippen molar-refractivity contribution in [2.24, 2.45) is 0 Å². The summed E-state index contributed by atoms with van der Waals surface area (Å²) in [6.07, 6.45) is -0.0486. The second-order valence-corrected chi connectivity index (χ2v) is 6.95. The van der Waals surface area contributed by atoms with E-state index in [9.17, 15) is 19.2 Å². The van der Waals surface area contributed by atoms with Crippen LogP contribution in [0.1, 0.15) is 34.3 Å². The van der Waals surface area contributed by atoms with E-state index in [1.807, 2.05) is 18.2 Å². The third kappa shape index (κ3) is 3.96. The maximum Gasteiger partial charge on any atom is 0.412 e. The lowest BCUT2D eigenvalue weighted by Gasteiger charge is -2.29. The maximum absolute atomic E-state index is 12.8. The summed E-state index contributed by atoms with van der Waals surface area (Å²) in [4.78, 5) is 49.7. The molecule has 2 aliphatic rings. The second-order valence-electron chi connectivity index (χ2n) is 6.95. The van der Waals surface area contributed by atoms with E-state index in [1.165, 1.54) is 4.90 Å². The van der Waals surface area contributed by atoms with Crippen molar-refractivity contribution in [2.45, 2.75) is 32.0 Å². The van der Waals surface area contributed by atoms with Crippen LogP contribution in [0.4, 0.5) is 4.79 Å². The van der Waals surface area contributed by atoms with Crippen LogP contribution in [0.3, 0.4) is 0 Å². The van der Waals surface area contributed by atoms with Crippen LogP contribution in [0.15, 0.2) is 48.5 Å². The molecular formula is C21H19N3O5. The third-order valence-electron chi connectivity index (χ3n) is 4.98. The van der Waals surface area contributed by atoms with Gasteiger partial charge >= 0.3 is 6.09 Å². The van der Waals surface area contributed by atoms with Gasteiger partial charge in [0.25, 0.3) is 5.91 Å². The number of benzene rings is 2. The summed E-state index contributed by atoms with van der Waals surface area (Å²) in [5, 5.41) is 4.94. The van der Waals surface area contributed by atoms with Gasteiger partial charge in [0.15, 0.2) is 0 Å². The minimum absolute atomic E-state index is 0.199. The number of amides is 4. The summed E-state index contributed by atoms with van der Waals surface area (Å²) in [5.74, 6) is -0.559. The van der Waals surface area contributed by atoms with Gasteiger partial charge in [-0.15, -0.1) is 0 Å². The molecule has 1 saturated heterocycles. The number of nitrogens with zero attached hydrogens (tertiary/aromatic N) is 1. The van der Waals surface area contributed by atoms with Gasteiger partial charge in [0.1, 0.15) is 11.8 Å². The van der Waals surface area contributed by atoms with Crippen LogP contribution < -0.4 is 15.4 Å². The van der Waals surface area contributed by atoms with Crippen LogP contribution in [-0.4, -0.2) is 34.8 Å². The molecule has 0 saturated carbocycles. The molecule has 2 aromatic rings. The normalized spacial score (nSPS) is 18.3. The Bertz CT molecular complexity index is 989. The number of hydrogen-bond acceptors (Lipinski definition) is 5. The number of fused-ring (bicyclic) bond motifs is 1. The van der Waals surface area contributed by atoms with Gasteiger partial charge in [0.05, 0.1) is 0 Å². The van der Waals surface area contributed by atoms with Gasteiger partial charge in [-0.3, -0.25) is 19.7 Å². The molecule has 0 radical (unpaired) electrons. The van der Waals surface area contributed by atoms with Crippen LogP contribution in [0, 0.1) is 0 Å². The number of para-hydroxylation sites is 1. The zero-order valence-electron chi connectivity index (χ0n) is 15.5. The Kier molecular flexibility index (Phi) is 4.99. The Morgan fingerprint density at radius 1 is 1.14 bits per heavy atom. The van der Waals surface area contributed by atoms with Crippen molar-refractivity contribution < 1.29 is 23.9 Å². The number of piperidine rings is 1. The average Bonchev–Trinajstić information content (AvgIpc) is 3.03. The molecule has 1 atom stereocenters. The summed E-state index contributed by atoms with van der Waals surface area (Å²) in [6, 6.07) is 13.4. The Morgan fingerprint density at radius 2 is 1.93 bits per heavy atom. The van der Waals surface area contributed by atoms with Crippen molar-refractivity contribution >= 4 is 23.8 Å². The van der Waals surface area contributed by atoms with Gasteiger partial charge in [-0.25, -0.2) is 4.79 Å². The standard InChI is InChI=1S/C21H19N3O5/c25-18-9-8-17(19(26)23-18)24-12-14-7-6-13(10-16(14)20(24)27)11-22-21(28)29-15-4-2-1-3-5-15/h1-7,10,17H,8-9,11-12H2,(H,22,28)(H,23,25,26). The lowest BCUT2D eigenvalue weighted by molar-refractivity contribution is -0.136. The molecule has 4 rings (SSSR count). The zero-order chi connectivity index (χ0) is 20.4. The summed E-state index contributed by atoms with van der Waals surface area (Å²) >= 11 is 0. The van der Waals surface area contributed by atoms with Gasteiger partial charge in [-0.1, -0.05) is 30.3 Å². The van der Waals surface area contributed by atoms with E-state index in [0.717, 1.165) is 11.1 Å². The summed E-state index contributed by atoms with van der Waals surface area (Å²) in [7, 11) is 0. The first kappa shape index (κ1) is 18.7. The van der Waals surface area contributed by atoms with Crippen molar-refractivity contribution in [1.82, 2.24) is 15.5 Å².